The molecule has 1 saturated heterocycles. The number of rotatable bonds is 4. The first-order chi connectivity index (χ1) is 12.9. The average molecular weight is 389 g/mol. The molecule has 2 aromatic rings. The lowest BCUT2D eigenvalue weighted by molar-refractivity contribution is -0.131. The van der Waals surface area contributed by atoms with Crippen molar-refractivity contribution in [3.63, 3.8) is 0 Å². The van der Waals surface area contributed by atoms with Crippen LogP contribution in [0.15, 0.2) is 34.9 Å². The molecule has 3 heterocycles. The Bertz CT molecular complexity index is 953. The Balaban J connectivity index is 1.48. The van der Waals surface area contributed by atoms with Crippen LogP contribution in [0.3, 0.4) is 0 Å². The largest absolute Gasteiger partial charge is 0.361 e. The highest BCUT2D eigenvalue weighted by molar-refractivity contribution is 7.93. The number of hydrogen-bond acceptors (Lipinski definition) is 5. The number of nitrogens with zero attached hydrogens (tertiary/aromatic N) is 3. The molecule has 2 aliphatic rings. The Morgan fingerprint density at radius 2 is 2.11 bits per heavy atom. The van der Waals surface area contributed by atoms with Crippen LogP contribution in [0.1, 0.15) is 29.9 Å². The van der Waals surface area contributed by atoms with Crippen LogP contribution in [-0.4, -0.2) is 49.3 Å². The second-order valence-corrected chi connectivity index (χ2v) is 9.34. The van der Waals surface area contributed by atoms with Gasteiger partial charge in [-0.15, -0.1) is 0 Å². The number of anilines is 1. The fourth-order valence-electron chi connectivity index (χ4n) is 3.93. The summed E-state index contributed by atoms with van der Waals surface area (Å²) < 4.78 is 33.0. The molecule has 0 N–H and O–H groups in total. The van der Waals surface area contributed by atoms with Crippen molar-refractivity contribution in [3.8, 4) is 0 Å². The average Bonchev–Trinajstić information content (AvgIpc) is 3.28. The smallest absolute Gasteiger partial charge is 0.239 e. The van der Waals surface area contributed by atoms with Gasteiger partial charge in [-0.2, -0.15) is 0 Å². The van der Waals surface area contributed by atoms with E-state index in [1.807, 2.05) is 24.3 Å². The lowest BCUT2D eigenvalue weighted by Gasteiger charge is -2.35. The summed E-state index contributed by atoms with van der Waals surface area (Å²) >= 11 is 0. The van der Waals surface area contributed by atoms with Crippen LogP contribution in [0.4, 0.5) is 5.69 Å². The van der Waals surface area contributed by atoms with Gasteiger partial charge < -0.3 is 9.42 Å². The monoisotopic (exact) mass is 389 g/mol. The maximum atomic E-state index is 13.2. The number of carbonyl (C=O) groups is 1. The maximum Gasteiger partial charge on any atom is 0.239 e. The van der Waals surface area contributed by atoms with E-state index in [0.717, 1.165) is 17.7 Å². The van der Waals surface area contributed by atoms with E-state index in [1.165, 1.54) is 4.31 Å². The van der Waals surface area contributed by atoms with E-state index in [0.29, 0.717) is 37.4 Å². The van der Waals surface area contributed by atoms with Crippen molar-refractivity contribution >= 4 is 21.6 Å². The molecule has 2 aliphatic heterocycles. The number of para-hydroxylation sites is 1. The predicted octanol–water partition coefficient (Wildman–Crippen LogP) is 1.91. The first-order valence-corrected chi connectivity index (χ1v) is 10.7. The van der Waals surface area contributed by atoms with Crippen molar-refractivity contribution in [1.82, 2.24) is 10.1 Å². The minimum Gasteiger partial charge on any atom is -0.361 e. The highest BCUT2D eigenvalue weighted by Crippen LogP contribution is 2.33. The van der Waals surface area contributed by atoms with Crippen molar-refractivity contribution in [2.45, 2.75) is 37.9 Å². The zero-order valence-electron chi connectivity index (χ0n) is 15.3. The van der Waals surface area contributed by atoms with E-state index in [9.17, 15) is 13.2 Å². The van der Waals surface area contributed by atoms with E-state index in [1.54, 1.807) is 17.9 Å². The zero-order chi connectivity index (χ0) is 19.0. The molecule has 0 aliphatic carbocycles. The number of benzene rings is 1. The first-order valence-electron chi connectivity index (χ1n) is 9.24. The number of likely N-dealkylation sites (tertiary alicyclic amines) is 1. The molecule has 0 radical (unpaired) electrons. The normalized spacial score (nSPS) is 20.0. The molecule has 7 nitrogen and oxygen atoms in total. The van der Waals surface area contributed by atoms with Crippen molar-refractivity contribution in [1.29, 1.82) is 0 Å². The van der Waals surface area contributed by atoms with Crippen LogP contribution in [-0.2, 0) is 27.7 Å². The summed E-state index contributed by atoms with van der Waals surface area (Å²) in [5, 5.41) is 3.29. The second-order valence-electron chi connectivity index (χ2n) is 7.21. The first kappa shape index (κ1) is 18.0. The third-order valence-electron chi connectivity index (χ3n) is 5.31. The number of piperidine rings is 1. The van der Waals surface area contributed by atoms with Gasteiger partial charge in [0.1, 0.15) is 5.76 Å². The third-order valence-corrected chi connectivity index (χ3v) is 7.53. The quantitative estimate of drug-likeness (QED) is 0.798. The molecule has 27 heavy (non-hydrogen) atoms. The number of hydrogen-bond donors (Lipinski definition) is 0. The number of sulfonamides is 1. The minimum atomic E-state index is -3.51. The maximum absolute atomic E-state index is 13.2. The van der Waals surface area contributed by atoms with Gasteiger partial charge in [-0.05, 0) is 37.8 Å². The molecule has 0 bridgehead atoms. The molecular weight excluding hydrogens is 366 g/mol. The number of aryl methyl sites for hydroxylation is 1. The Morgan fingerprint density at radius 1 is 1.30 bits per heavy atom. The molecule has 1 fully saturated rings. The minimum absolute atomic E-state index is 0.106. The zero-order valence-corrected chi connectivity index (χ0v) is 16.1. The van der Waals surface area contributed by atoms with Crippen LogP contribution in [0, 0.1) is 6.92 Å². The van der Waals surface area contributed by atoms with E-state index in [4.69, 9.17) is 4.52 Å². The van der Waals surface area contributed by atoms with Gasteiger partial charge in [0, 0.05) is 25.7 Å². The predicted molar refractivity (Wildman–Crippen MR) is 101 cm³/mol. The van der Waals surface area contributed by atoms with Crippen molar-refractivity contribution < 1.29 is 17.7 Å². The Kier molecular flexibility index (Phi) is 4.67. The Morgan fingerprint density at radius 3 is 2.89 bits per heavy atom. The Labute approximate surface area is 159 Å². The van der Waals surface area contributed by atoms with Gasteiger partial charge in [-0.25, -0.2) is 8.42 Å². The second kappa shape index (κ2) is 6.99. The van der Waals surface area contributed by atoms with Crippen molar-refractivity contribution in [2.24, 2.45) is 0 Å². The number of amides is 1. The topological polar surface area (TPSA) is 83.7 Å². The highest BCUT2D eigenvalue weighted by Gasteiger charge is 2.39. The molecule has 1 amide bonds. The Hall–Kier alpha value is -2.35. The SMILES string of the molecule is Cc1cc(CC(=O)N2CCC[C@@H](S(=O)(=O)N3CCc4ccccc43)C2)no1. The van der Waals surface area contributed by atoms with Gasteiger partial charge in [-0.3, -0.25) is 9.10 Å². The number of aromatic nitrogens is 1. The highest BCUT2D eigenvalue weighted by atomic mass is 32.2. The van der Waals surface area contributed by atoms with Crippen LogP contribution in [0.5, 0.6) is 0 Å². The molecule has 4 rings (SSSR count). The number of fused-ring (bicyclic) bond motifs is 1. The summed E-state index contributed by atoms with van der Waals surface area (Å²) in [6.07, 6.45) is 2.13. The van der Waals surface area contributed by atoms with E-state index >= 15 is 0 Å². The molecule has 1 aromatic carbocycles. The molecule has 144 valence electrons. The molecule has 0 spiro atoms. The van der Waals surface area contributed by atoms with Gasteiger partial charge in [0.25, 0.3) is 0 Å². The molecule has 8 heteroatoms. The summed E-state index contributed by atoms with van der Waals surface area (Å²) in [5.41, 5.74) is 2.42. The molecular formula is C19H23N3O4S. The molecule has 1 aromatic heterocycles. The van der Waals surface area contributed by atoms with E-state index in [-0.39, 0.29) is 18.9 Å². The summed E-state index contributed by atoms with van der Waals surface area (Å²) in [6.45, 7) is 3.07. The van der Waals surface area contributed by atoms with Gasteiger partial charge in [0.15, 0.2) is 0 Å². The van der Waals surface area contributed by atoms with E-state index in [2.05, 4.69) is 5.16 Å². The van der Waals surface area contributed by atoms with Crippen molar-refractivity contribution in [2.75, 3.05) is 23.9 Å². The summed E-state index contributed by atoms with van der Waals surface area (Å²) in [7, 11) is -3.51. The van der Waals surface area contributed by atoms with Crippen LogP contribution in [0.2, 0.25) is 0 Å². The summed E-state index contributed by atoms with van der Waals surface area (Å²) in [4.78, 5) is 14.3. The lowest BCUT2D eigenvalue weighted by Crippen LogP contribution is -2.49. The lowest BCUT2D eigenvalue weighted by atomic mass is 10.1. The van der Waals surface area contributed by atoms with Gasteiger partial charge in [0.2, 0.25) is 15.9 Å². The van der Waals surface area contributed by atoms with Gasteiger partial charge >= 0.3 is 0 Å². The fourth-order valence-corrected chi connectivity index (χ4v) is 5.92. The number of carbonyl (C=O) groups excluding carboxylic acids is 1. The molecule has 0 unspecified atom stereocenters. The molecule has 0 saturated carbocycles. The van der Waals surface area contributed by atoms with Gasteiger partial charge in [-0.1, -0.05) is 23.4 Å². The fraction of sp³-hybridized carbons (Fsp3) is 0.474. The van der Waals surface area contributed by atoms with Gasteiger partial charge in [0.05, 0.1) is 23.1 Å². The third kappa shape index (κ3) is 3.45. The van der Waals surface area contributed by atoms with Crippen LogP contribution < -0.4 is 4.31 Å². The van der Waals surface area contributed by atoms with Crippen molar-refractivity contribution in [3.05, 3.63) is 47.3 Å². The van der Waals surface area contributed by atoms with E-state index < -0.39 is 15.3 Å². The summed E-state index contributed by atoms with van der Waals surface area (Å²) in [5.74, 6) is 0.551. The summed E-state index contributed by atoms with van der Waals surface area (Å²) in [6, 6.07) is 9.36. The molecule has 1 atom stereocenters. The van der Waals surface area contributed by atoms with Crippen LogP contribution >= 0.6 is 0 Å². The standard InChI is InChI=1S/C19H23N3O4S/c1-14-11-16(20-26-14)12-19(23)21-9-4-6-17(13-21)27(24,25)22-10-8-15-5-2-3-7-18(15)22/h2-3,5,7,11,17H,4,6,8-10,12-13H2,1H3/t17-/m1/s1. The van der Waals surface area contributed by atoms with Crippen LogP contribution in [0.25, 0.3) is 0 Å².